The first-order chi connectivity index (χ1) is 17.8. The van der Waals surface area contributed by atoms with Gasteiger partial charge < -0.3 is 18.9 Å². The van der Waals surface area contributed by atoms with E-state index in [1.807, 2.05) is 47.8 Å². The summed E-state index contributed by atoms with van der Waals surface area (Å²) >= 11 is 1.45. The number of benzene rings is 2. The Hall–Kier alpha value is -3.98. The average molecular weight is 521 g/mol. The van der Waals surface area contributed by atoms with Crippen LogP contribution in [0.3, 0.4) is 0 Å². The molecule has 192 valence electrons. The molecule has 0 saturated carbocycles. The standard InChI is InChI=1S/C28H28N2O6S/c1-15-23(27(31)35-5)25(24(16(2)29-15)28(32)36-6)18-9-7-8-10-19(18)26-30-21(14-37-26)20-13-17(33-3)11-12-22(20)34-4/h7-14,23,25H,1-6H3. The zero-order chi connectivity index (χ0) is 26.7. The molecule has 3 aromatic rings. The van der Waals surface area contributed by atoms with E-state index in [0.29, 0.717) is 28.5 Å². The van der Waals surface area contributed by atoms with Crippen LogP contribution < -0.4 is 9.47 Å². The molecule has 0 fully saturated rings. The van der Waals surface area contributed by atoms with Gasteiger partial charge in [0.25, 0.3) is 0 Å². The Morgan fingerprint density at radius 1 is 0.919 bits per heavy atom. The summed E-state index contributed by atoms with van der Waals surface area (Å²) in [4.78, 5) is 35.3. The third-order valence-corrected chi connectivity index (χ3v) is 7.28. The molecule has 1 aliphatic rings. The number of rotatable bonds is 7. The smallest absolute Gasteiger partial charge is 0.336 e. The third-order valence-electron chi connectivity index (χ3n) is 6.40. The first-order valence-electron chi connectivity index (χ1n) is 11.5. The number of carbonyl (C=O) groups excluding carboxylic acids is 2. The lowest BCUT2D eigenvalue weighted by molar-refractivity contribution is -0.143. The van der Waals surface area contributed by atoms with E-state index in [2.05, 4.69) is 4.99 Å². The van der Waals surface area contributed by atoms with E-state index in [0.717, 1.165) is 27.4 Å². The summed E-state index contributed by atoms with van der Waals surface area (Å²) in [7, 11) is 5.86. The minimum atomic E-state index is -0.790. The Morgan fingerprint density at radius 2 is 1.68 bits per heavy atom. The lowest BCUT2D eigenvalue weighted by Crippen LogP contribution is -2.36. The molecular weight excluding hydrogens is 492 g/mol. The molecule has 0 N–H and O–H groups in total. The molecule has 8 nitrogen and oxygen atoms in total. The van der Waals surface area contributed by atoms with E-state index in [1.54, 1.807) is 28.1 Å². The van der Waals surface area contributed by atoms with Crippen molar-refractivity contribution in [3.8, 4) is 33.3 Å². The maximum atomic E-state index is 13.0. The van der Waals surface area contributed by atoms with Crippen molar-refractivity contribution in [2.75, 3.05) is 28.4 Å². The van der Waals surface area contributed by atoms with Crippen molar-refractivity contribution in [3.05, 3.63) is 64.7 Å². The van der Waals surface area contributed by atoms with Gasteiger partial charge in [-0.2, -0.15) is 0 Å². The van der Waals surface area contributed by atoms with Gasteiger partial charge in [-0.15, -0.1) is 11.3 Å². The van der Waals surface area contributed by atoms with Crippen molar-refractivity contribution in [1.29, 1.82) is 0 Å². The summed E-state index contributed by atoms with van der Waals surface area (Å²) < 4.78 is 21.2. The number of thiazole rings is 1. The molecule has 2 aromatic carbocycles. The fraction of sp³-hybridized carbons (Fsp3) is 0.286. The fourth-order valence-corrected chi connectivity index (χ4v) is 5.55. The summed E-state index contributed by atoms with van der Waals surface area (Å²) in [5, 5.41) is 2.66. The second kappa shape index (κ2) is 11.0. The SMILES string of the molecule is COC(=O)C1=C(C)N=C(C)C(C(=O)OC)C1c1ccccc1-c1nc(-c2cc(OC)ccc2OC)cs1. The Balaban J connectivity index is 1.89. The normalized spacial score (nSPS) is 17.2. The molecule has 0 bridgehead atoms. The highest BCUT2D eigenvalue weighted by Crippen LogP contribution is 2.45. The van der Waals surface area contributed by atoms with Gasteiger partial charge in [0.05, 0.1) is 39.7 Å². The molecule has 37 heavy (non-hydrogen) atoms. The maximum Gasteiger partial charge on any atom is 0.336 e. The first kappa shape index (κ1) is 26.1. The zero-order valence-electron chi connectivity index (χ0n) is 21.5. The van der Waals surface area contributed by atoms with Crippen molar-refractivity contribution >= 4 is 29.0 Å². The Kier molecular flexibility index (Phi) is 7.73. The van der Waals surface area contributed by atoms with Gasteiger partial charge in [0, 0.05) is 33.8 Å². The maximum absolute atomic E-state index is 13.0. The van der Waals surface area contributed by atoms with Gasteiger partial charge in [-0.1, -0.05) is 24.3 Å². The highest BCUT2D eigenvalue weighted by Gasteiger charge is 2.43. The van der Waals surface area contributed by atoms with E-state index in [4.69, 9.17) is 23.9 Å². The van der Waals surface area contributed by atoms with Gasteiger partial charge in [-0.25, -0.2) is 9.78 Å². The zero-order valence-corrected chi connectivity index (χ0v) is 22.3. The molecular formula is C28H28N2O6S. The largest absolute Gasteiger partial charge is 0.497 e. The third kappa shape index (κ3) is 4.86. The Labute approximate surface area is 219 Å². The predicted octanol–water partition coefficient (Wildman–Crippen LogP) is 5.29. The van der Waals surface area contributed by atoms with Crippen molar-refractivity contribution in [1.82, 2.24) is 4.98 Å². The summed E-state index contributed by atoms with van der Waals surface area (Å²) in [6.07, 6.45) is 0. The molecule has 2 heterocycles. The number of ether oxygens (including phenoxy) is 4. The summed E-state index contributed by atoms with van der Waals surface area (Å²) in [6, 6.07) is 13.1. The lowest BCUT2D eigenvalue weighted by atomic mass is 9.74. The van der Waals surface area contributed by atoms with E-state index in [-0.39, 0.29) is 0 Å². The van der Waals surface area contributed by atoms with Crippen molar-refractivity contribution in [2.45, 2.75) is 19.8 Å². The van der Waals surface area contributed by atoms with Crippen LogP contribution in [-0.2, 0) is 19.1 Å². The number of esters is 2. The van der Waals surface area contributed by atoms with Gasteiger partial charge in [0.2, 0.25) is 0 Å². The van der Waals surface area contributed by atoms with Crippen LogP contribution in [0.2, 0.25) is 0 Å². The second-order valence-corrected chi connectivity index (χ2v) is 9.27. The van der Waals surface area contributed by atoms with Crippen LogP contribution in [0.5, 0.6) is 11.5 Å². The van der Waals surface area contributed by atoms with Crippen molar-refractivity contribution in [3.63, 3.8) is 0 Å². The van der Waals surface area contributed by atoms with E-state index in [1.165, 1.54) is 25.6 Å². The molecule has 0 amide bonds. The lowest BCUT2D eigenvalue weighted by Gasteiger charge is -2.32. The topological polar surface area (TPSA) is 96.3 Å². The molecule has 0 saturated heterocycles. The van der Waals surface area contributed by atoms with E-state index in [9.17, 15) is 9.59 Å². The van der Waals surface area contributed by atoms with Crippen molar-refractivity contribution in [2.24, 2.45) is 10.9 Å². The van der Waals surface area contributed by atoms with E-state index < -0.39 is 23.8 Å². The highest BCUT2D eigenvalue weighted by molar-refractivity contribution is 7.13. The molecule has 9 heteroatoms. The quantitative estimate of drug-likeness (QED) is 0.391. The summed E-state index contributed by atoms with van der Waals surface area (Å²) in [5.74, 6) is -1.11. The monoisotopic (exact) mass is 520 g/mol. The average Bonchev–Trinajstić information content (AvgIpc) is 3.41. The first-order valence-corrected chi connectivity index (χ1v) is 12.4. The molecule has 0 aliphatic carbocycles. The number of methoxy groups -OCH3 is 4. The number of hydrogen-bond donors (Lipinski definition) is 0. The molecule has 1 aliphatic heterocycles. The Bertz CT molecular complexity index is 1410. The fourth-order valence-electron chi connectivity index (χ4n) is 4.68. The molecule has 0 spiro atoms. The number of nitrogens with zero attached hydrogens (tertiary/aromatic N) is 2. The number of carbonyl (C=O) groups is 2. The number of hydrogen-bond acceptors (Lipinski definition) is 9. The second-order valence-electron chi connectivity index (χ2n) is 8.41. The number of aliphatic imine (C=N–C) groups is 1. The number of allylic oxidation sites excluding steroid dienone is 1. The van der Waals surface area contributed by atoms with Crippen LogP contribution in [0.1, 0.15) is 25.3 Å². The van der Waals surface area contributed by atoms with Crippen LogP contribution in [0.25, 0.3) is 21.8 Å². The van der Waals surface area contributed by atoms with Crippen LogP contribution in [0.4, 0.5) is 0 Å². The van der Waals surface area contributed by atoms with Crippen molar-refractivity contribution < 1.29 is 28.5 Å². The van der Waals surface area contributed by atoms with Crippen LogP contribution in [0.15, 0.2) is 64.1 Å². The van der Waals surface area contributed by atoms with Crippen LogP contribution >= 0.6 is 11.3 Å². The van der Waals surface area contributed by atoms with Gasteiger partial charge in [-0.3, -0.25) is 9.79 Å². The molecule has 2 unspecified atom stereocenters. The minimum Gasteiger partial charge on any atom is -0.497 e. The van der Waals surface area contributed by atoms with Crippen LogP contribution in [-0.4, -0.2) is 51.1 Å². The number of aromatic nitrogens is 1. The van der Waals surface area contributed by atoms with Crippen LogP contribution in [0, 0.1) is 5.92 Å². The molecule has 1 aromatic heterocycles. The van der Waals surface area contributed by atoms with E-state index >= 15 is 0 Å². The predicted molar refractivity (Wildman–Crippen MR) is 142 cm³/mol. The van der Waals surface area contributed by atoms with Gasteiger partial charge in [0.15, 0.2) is 0 Å². The molecule has 4 rings (SSSR count). The minimum absolute atomic E-state index is 0.321. The van der Waals surface area contributed by atoms with Gasteiger partial charge >= 0.3 is 11.9 Å². The Morgan fingerprint density at radius 3 is 2.35 bits per heavy atom. The summed E-state index contributed by atoms with van der Waals surface area (Å²) in [6.45, 7) is 3.51. The molecule has 2 atom stereocenters. The summed E-state index contributed by atoms with van der Waals surface area (Å²) in [5.41, 5.74) is 4.45. The van der Waals surface area contributed by atoms with Gasteiger partial charge in [-0.05, 0) is 37.6 Å². The molecule has 0 radical (unpaired) electrons. The highest BCUT2D eigenvalue weighted by atomic mass is 32.1. The van der Waals surface area contributed by atoms with Gasteiger partial charge in [0.1, 0.15) is 22.4 Å².